The first-order valence-corrected chi connectivity index (χ1v) is 11.0. The van der Waals surface area contributed by atoms with Crippen LogP contribution in [0.25, 0.3) is 0 Å². The number of amides is 1. The van der Waals surface area contributed by atoms with E-state index in [9.17, 15) is 4.79 Å². The summed E-state index contributed by atoms with van der Waals surface area (Å²) in [5.41, 5.74) is 3.24. The van der Waals surface area contributed by atoms with Gasteiger partial charge in [-0.15, -0.1) is 24.0 Å². The van der Waals surface area contributed by atoms with Gasteiger partial charge in [-0.1, -0.05) is 24.3 Å². The standard InChI is InChI=1S/C25H36N4O3.HI/c1-7-26-25(28-16-21-12-11-19(4)13-23(21)32-18(2)3)27-15-20-9-8-10-22(14-20)31-17-24(30)29(5)6;/h8-14,18H,7,15-17H2,1-6H3,(H2,26,27,28);1H. The zero-order valence-electron chi connectivity index (χ0n) is 20.5. The Morgan fingerprint density at radius 3 is 2.55 bits per heavy atom. The molecular weight excluding hydrogens is 531 g/mol. The summed E-state index contributed by atoms with van der Waals surface area (Å²) >= 11 is 0. The number of halogens is 1. The highest BCUT2D eigenvalue weighted by Crippen LogP contribution is 2.21. The fourth-order valence-corrected chi connectivity index (χ4v) is 2.87. The third-order valence-corrected chi connectivity index (χ3v) is 4.56. The van der Waals surface area contributed by atoms with Crippen molar-refractivity contribution >= 4 is 35.8 Å². The summed E-state index contributed by atoms with van der Waals surface area (Å²) in [6.45, 7) is 10.0. The summed E-state index contributed by atoms with van der Waals surface area (Å²) in [4.78, 5) is 17.9. The number of hydrogen-bond donors (Lipinski definition) is 2. The second-order valence-electron chi connectivity index (χ2n) is 8.05. The van der Waals surface area contributed by atoms with E-state index in [0.717, 1.165) is 29.4 Å². The van der Waals surface area contributed by atoms with E-state index in [-0.39, 0.29) is 42.6 Å². The van der Waals surface area contributed by atoms with Gasteiger partial charge in [0.25, 0.3) is 5.91 Å². The van der Waals surface area contributed by atoms with Crippen LogP contribution in [0.2, 0.25) is 0 Å². The van der Waals surface area contributed by atoms with Crippen LogP contribution in [0.3, 0.4) is 0 Å². The smallest absolute Gasteiger partial charge is 0.259 e. The van der Waals surface area contributed by atoms with Gasteiger partial charge in [-0.2, -0.15) is 0 Å². The van der Waals surface area contributed by atoms with Crippen molar-refractivity contribution in [2.75, 3.05) is 27.2 Å². The van der Waals surface area contributed by atoms with Crippen LogP contribution in [0.4, 0.5) is 0 Å². The third kappa shape index (κ3) is 10.3. The maximum Gasteiger partial charge on any atom is 0.259 e. The lowest BCUT2D eigenvalue weighted by Crippen LogP contribution is -2.36. The molecular formula is C25H37IN4O3. The van der Waals surface area contributed by atoms with Crippen molar-refractivity contribution in [3.05, 3.63) is 59.2 Å². The second-order valence-corrected chi connectivity index (χ2v) is 8.05. The Bertz CT molecular complexity index is 916. The van der Waals surface area contributed by atoms with Crippen LogP contribution in [-0.4, -0.2) is 50.1 Å². The van der Waals surface area contributed by atoms with Crippen molar-refractivity contribution in [2.45, 2.75) is 46.9 Å². The van der Waals surface area contributed by atoms with Crippen molar-refractivity contribution < 1.29 is 14.3 Å². The highest BCUT2D eigenvalue weighted by molar-refractivity contribution is 14.0. The number of carbonyl (C=O) groups is 1. The van der Waals surface area contributed by atoms with Crippen molar-refractivity contribution in [1.29, 1.82) is 0 Å². The summed E-state index contributed by atoms with van der Waals surface area (Å²) in [5, 5.41) is 6.66. The number of likely N-dealkylation sites (N-methyl/N-ethyl adjacent to an activating group) is 1. The van der Waals surface area contributed by atoms with Gasteiger partial charge in [0.1, 0.15) is 11.5 Å². The fraction of sp³-hybridized carbons (Fsp3) is 0.440. The summed E-state index contributed by atoms with van der Waals surface area (Å²) in [6, 6.07) is 13.9. The molecule has 0 bridgehead atoms. The van der Waals surface area contributed by atoms with Crippen molar-refractivity contribution in [2.24, 2.45) is 4.99 Å². The van der Waals surface area contributed by atoms with E-state index >= 15 is 0 Å². The topological polar surface area (TPSA) is 75.2 Å². The zero-order valence-corrected chi connectivity index (χ0v) is 22.8. The van der Waals surface area contributed by atoms with E-state index in [0.29, 0.717) is 18.8 Å². The molecule has 0 atom stereocenters. The number of guanidine groups is 1. The molecule has 182 valence electrons. The van der Waals surface area contributed by atoms with Crippen molar-refractivity contribution in [3.63, 3.8) is 0 Å². The molecule has 0 saturated heterocycles. The maximum absolute atomic E-state index is 11.7. The molecule has 2 rings (SSSR count). The van der Waals surface area contributed by atoms with Gasteiger partial charge in [0.05, 0.1) is 12.6 Å². The van der Waals surface area contributed by atoms with Gasteiger partial charge in [0, 0.05) is 32.7 Å². The highest BCUT2D eigenvalue weighted by Gasteiger charge is 2.08. The predicted molar refractivity (Wildman–Crippen MR) is 145 cm³/mol. The average molecular weight is 569 g/mol. The van der Waals surface area contributed by atoms with Gasteiger partial charge < -0.3 is 25.0 Å². The third-order valence-electron chi connectivity index (χ3n) is 4.56. The number of benzene rings is 2. The molecule has 0 aromatic heterocycles. The summed E-state index contributed by atoms with van der Waals surface area (Å²) in [7, 11) is 3.42. The molecule has 0 aliphatic rings. The first kappa shape index (κ1) is 28.5. The zero-order chi connectivity index (χ0) is 23.5. The number of hydrogen-bond acceptors (Lipinski definition) is 4. The van der Waals surface area contributed by atoms with Crippen LogP contribution >= 0.6 is 24.0 Å². The van der Waals surface area contributed by atoms with Crippen LogP contribution in [0.1, 0.15) is 37.5 Å². The Hall–Kier alpha value is -2.49. The van der Waals surface area contributed by atoms with Gasteiger partial charge in [0.15, 0.2) is 12.6 Å². The predicted octanol–water partition coefficient (Wildman–Crippen LogP) is 4.12. The molecule has 33 heavy (non-hydrogen) atoms. The average Bonchev–Trinajstić information content (AvgIpc) is 2.74. The van der Waals surface area contributed by atoms with Gasteiger partial charge >= 0.3 is 0 Å². The minimum absolute atomic E-state index is 0. The first-order chi connectivity index (χ1) is 15.3. The SMILES string of the molecule is CCNC(=NCc1cccc(OCC(=O)N(C)C)c1)NCc1ccc(C)cc1OC(C)C.I. The van der Waals surface area contributed by atoms with E-state index in [1.54, 1.807) is 14.1 Å². The monoisotopic (exact) mass is 568 g/mol. The number of rotatable bonds is 10. The van der Waals surface area contributed by atoms with E-state index < -0.39 is 0 Å². The fourth-order valence-electron chi connectivity index (χ4n) is 2.87. The molecule has 1 amide bonds. The molecule has 0 saturated carbocycles. The van der Waals surface area contributed by atoms with E-state index in [4.69, 9.17) is 14.5 Å². The van der Waals surface area contributed by atoms with Gasteiger partial charge in [-0.25, -0.2) is 4.99 Å². The largest absolute Gasteiger partial charge is 0.491 e. The van der Waals surface area contributed by atoms with Crippen LogP contribution in [-0.2, 0) is 17.9 Å². The molecule has 0 aliphatic carbocycles. The highest BCUT2D eigenvalue weighted by atomic mass is 127. The van der Waals surface area contributed by atoms with Crippen molar-refractivity contribution in [1.82, 2.24) is 15.5 Å². The Labute approximate surface area is 215 Å². The Morgan fingerprint density at radius 1 is 1.12 bits per heavy atom. The Kier molecular flexibility index (Phi) is 12.6. The molecule has 2 N–H and O–H groups in total. The molecule has 0 heterocycles. The number of carbonyl (C=O) groups excluding carboxylic acids is 1. The maximum atomic E-state index is 11.7. The molecule has 0 radical (unpaired) electrons. The lowest BCUT2D eigenvalue weighted by Gasteiger charge is -2.17. The number of nitrogens with zero attached hydrogens (tertiary/aromatic N) is 2. The van der Waals surface area contributed by atoms with Crippen molar-refractivity contribution in [3.8, 4) is 11.5 Å². The molecule has 0 aliphatic heterocycles. The number of aliphatic imine (C=N–C) groups is 1. The van der Waals surface area contributed by atoms with Crippen LogP contribution in [0.15, 0.2) is 47.5 Å². The second kappa shape index (κ2) is 14.6. The van der Waals surface area contributed by atoms with E-state index in [2.05, 4.69) is 35.8 Å². The molecule has 2 aromatic rings. The van der Waals surface area contributed by atoms with Crippen LogP contribution in [0.5, 0.6) is 11.5 Å². The van der Waals surface area contributed by atoms with Gasteiger partial charge in [-0.3, -0.25) is 4.79 Å². The van der Waals surface area contributed by atoms with Gasteiger partial charge in [0.2, 0.25) is 0 Å². The summed E-state index contributed by atoms with van der Waals surface area (Å²) in [5.74, 6) is 2.18. The molecule has 0 spiro atoms. The van der Waals surface area contributed by atoms with Gasteiger partial charge in [-0.05, 0) is 57.0 Å². The molecule has 2 aromatic carbocycles. The lowest BCUT2D eigenvalue weighted by atomic mass is 10.1. The molecule has 7 nitrogen and oxygen atoms in total. The normalized spacial score (nSPS) is 10.9. The number of nitrogens with one attached hydrogen (secondary N) is 2. The first-order valence-electron chi connectivity index (χ1n) is 11.0. The van der Waals surface area contributed by atoms with E-state index in [1.165, 1.54) is 10.5 Å². The minimum Gasteiger partial charge on any atom is -0.491 e. The minimum atomic E-state index is -0.0797. The molecule has 0 unspecified atom stereocenters. The quantitative estimate of drug-likeness (QED) is 0.256. The Balaban J connectivity index is 0.00000544. The molecule has 0 fully saturated rings. The van der Waals surface area contributed by atoms with Crippen LogP contribution < -0.4 is 20.1 Å². The summed E-state index contributed by atoms with van der Waals surface area (Å²) < 4.78 is 11.6. The summed E-state index contributed by atoms with van der Waals surface area (Å²) in [6.07, 6.45) is 0.111. The lowest BCUT2D eigenvalue weighted by molar-refractivity contribution is -0.130. The number of aryl methyl sites for hydroxylation is 1. The molecule has 8 heteroatoms. The van der Waals surface area contributed by atoms with Crippen LogP contribution in [0, 0.1) is 6.92 Å². The Morgan fingerprint density at radius 2 is 1.88 bits per heavy atom. The van der Waals surface area contributed by atoms with E-state index in [1.807, 2.05) is 45.0 Å². The number of ether oxygens (including phenoxy) is 2.